The summed E-state index contributed by atoms with van der Waals surface area (Å²) in [7, 11) is -2.00. The molecule has 0 radical (unpaired) electrons. The highest BCUT2D eigenvalue weighted by atomic mass is 32.2. The standard InChI is InChI=1S/C14H21NO5S2/c1-9(16)5-13(21)15-7-11(6-12(15)14(17)20-2)22(18,19)8-10-3-4-10/h10-12H,3-8H2,1-2H3/t11-,12+/m1/s1. The maximum atomic E-state index is 12.4. The molecule has 0 N–H and O–H groups in total. The number of rotatable bonds is 6. The van der Waals surface area contributed by atoms with Crippen molar-refractivity contribution >= 4 is 38.8 Å². The van der Waals surface area contributed by atoms with Gasteiger partial charge in [-0.3, -0.25) is 4.79 Å². The molecule has 0 amide bonds. The van der Waals surface area contributed by atoms with E-state index >= 15 is 0 Å². The van der Waals surface area contributed by atoms with Gasteiger partial charge in [0.1, 0.15) is 11.8 Å². The van der Waals surface area contributed by atoms with Gasteiger partial charge in [0.2, 0.25) is 0 Å². The zero-order chi connectivity index (χ0) is 16.5. The Bertz CT molecular complexity index is 582. The molecular weight excluding hydrogens is 326 g/mol. The fourth-order valence-electron chi connectivity index (χ4n) is 2.76. The van der Waals surface area contributed by atoms with E-state index in [0.29, 0.717) is 4.99 Å². The molecule has 2 aliphatic rings. The molecule has 0 aromatic heterocycles. The molecule has 1 aliphatic heterocycles. The molecule has 2 fully saturated rings. The van der Waals surface area contributed by atoms with Crippen molar-refractivity contribution in [1.82, 2.24) is 4.90 Å². The molecule has 1 aliphatic carbocycles. The highest BCUT2D eigenvalue weighted by molar-refractivity contribution is 7.92. The number of ketones is 1. The van der Waals surface area contributed by atoms with Gasteiger partial charge in [-0.15, -0.1) is 0 Å². The van der Waals surface area contributed by atoms with Gasteiger partial charge in [0, 0.05) is 6.54 Å². The smallest absolute Gasteiger partial charge is 0.328 e. The number of sulfone groups is 1. The third-order valence-electron chi connectivity index (χ3n) is 4.13. The summed E-state index contributed by atoms with van der Waals surface area (Å²) in [5, 5.41) is -0.623. The van der Waals surface area contributed by atoms with Crippen LogP contribution in [0, 0.1) is 5.92 Å². The molecule has 8 heteroatoms. The minimum Gasteiger partial charge on any atom is -0.467 e. The van der Waals surface area contributed by atoms with Crippen molar-refractivity contribution in [2.24, 2.45) is 5.92 Å². The van der Waals surface area contributed by atoms with Crippen molar-refractivity contribution < 1.29 is 22.7 Å². The minimum atomic E-state index is -3.26. The first-order valence-electron chi connectivity index (χ1n) is 7.33. The quantitative estimate of drug-likeness (QED) is 0.518. The fourth-order valence-corrected chi connectivity index (χ4v) is 5.29. The number of carbonyl (C=O) groups excluding carboxylic acids is 2. The highest BCUT2D eigenvalue weighted by Gasteiger charge is 2.45. The first-order chi connectivity index (χ1) is 10.2. The van der Waals surface area contributed by atoms with Crippen LogP contribution in [0.4, 0.5) is 0 Å². The van der Waals surface area contributed by atoms with E-state index in [0.717, 1.165) is 12.8 Å². The predicted octanol–water partition coefficient (Wildman–Crippen LogP) is 0.734. The van der Waals surface area contributed by atoms with Crippen molar-refractivity contribution in [3.05, 3.63) is 0 Å². The normalized spacial score (nSPS) is 25.1. The maximum absolute atomic E-state index is 12.4. The molecule has 124 valence electrons. The Morgan fingerprint density at radius 1 is 1.32 bits per heavy atom. The lowest BCUT2D eigenvalue weighted by Gasteiger charge is -2.24. The second-order valence-corrected chi connectivity index (χ2v) is 8.89. The Hall–Kier alpha value is -1.02. The van der Waals surface area contributed by atoms with Crippen molar-refractivity contribution in [2.75, 3.05) is 19.4 Å². The van der Waals surface area contributed by atoms with Crippen LogP contribution in [0.2, 0.25) is 0 Å². The van der Waals surface area contributed by atoms with E-state index in [4.69, 9.17) is 17.0 Å². The number of thiocarbonyl (C=S) groups is 1. The molecule has 2 atom stereocenters. The van der Waals surface area contributed by atoms with Crippen LogP contribution >= 0.6 is 12.2 Å². The van der Waals surface area contributed by atoms with Gasteiger partial charge in [0.25, 0.3) is 0 Å². The molecule has 0 aromatic rings. The van der Waals surface area contributed by atoms with E-state index in [1.807, 2.05) is 0 Å². The van der Waals surface area contributed by atoms with Gasteiger partial charge in [-0.2, -0.15) is 0 Å². The lowest BCUT2D eigenvalue weighted by atomic mass is 10.2. The Morgan fingerprint density at radius 3 is 2.45 bits per heavy atom. The van der Waals surface area contributed by atoms with Crippen LogP contribution in [0.15, 0.2) is 0 Å². The number of nitrogens with zero attached hydrogens (tertiary/aromatic N) is 1. The van der Waals surface area contributed by atoms with E-state index in [2.05, 4.69) is 0 Å². The number of ether oxygens (including phenoxy) is 1. The number of carbonyl (C=O) groups is 2. The lowest BCUT2D eigenvalue weighted by Crippen LogP contribution is -2.41. The van der Waals surface area contributed by atoms with Crippen molar-refractivity contribution in [3.8, 4) is 0 Å². The average molecular weight is 347 g/mol. The van der Waals surface area contributed by atoms with Crippen LogP contribution < -0.4 is 0 Å². The van der Waals surface area contributed by atoms with Gasteiger partial charge in [-0.25, -0.2) is 13.2 Å². The van der Waals surface area contributed by atoms with E-state index < -0.39 is 27.1 Å². The Labute approximate surface area is 136 Å². The van der Waals surface area contributed by atoms with Gasteiger partial charge in [0.05, 0.1) is 29.5 Å². The number of hydrogen-bond donors (Lipinski definition) is 0. The highest BCUT2D eigenvalue weighted by Crippen LogP contribution is 2.34. The summed E-state index contributed by atoms with van der Waals surface area (Å²) < 4.78 is 29.6. The van der Waals surface area contributed by atoms with E-state index in [-0.39, 0.29) is 36.8 Å². The molecule has 0 aromatic carbocycles. The number of Topliss-reactive ketones (excluding diaryl/α,β-unsaturated/α-hetero) is 1. The summed E-state index contributed by atoms with van der Waals surface area (Å²) in [5.41, 5.74) is 0. The Kier molecular flexibility index (Phi) is 5.21. The first-order valence-corrected chi connectivity index (χ1v) is 9.45. The van der Waals surface area contributed by atoms with Crippen LogP contribution in [0.5, 0.6) is 0 Å². The molecule has 0 unspecified atom stereocenters. The average Bonchev–Trinajstić information content (AvgIpc) is 3.09. The lowest BCUT2D eigenvalue weighted by molar-refractivity contribution is -0.144. The van der Waals surface area contributed by atoms with Gasteiger partial charge < -0.3 is 9.64 Å². The molecule has 6 nitrogen and oxygen atoms in total. The van der Waals surface area contributed by atoms with E-state index in [1.165, 1.54) is 14.0 Å². The summed E-state index contributed by atoms with van der Waals surface area (Å²) in [4.78, 5) is 25.0. The van der Waals surface area contributed by atoms with Gasteiger partial charge in [-0.05, 0) is 32.1 Å². The summed E-state index contributed by atoms with van der Waals surface area (Å²) in [6.07, 6.45) is 2.13. The van der Waals surface area contributed by atoms with Crippen molar-refractivity contribution in [1.29, 1.82) is 0 Å². The number of likely N-dealkylation sites (tertiary alicyclic amines) is 1. The molecule has 0 bridgehead atoms. The summed E-state index contributed by atoms with van der Waals surface area (Å²) in [5.74, 6) is -0.175. The molecule has 1 saturated carbocycles. The van der Waals surface area contributed by atoms with Crippen LogP contribution in [0.25, 0.3) is 0 Å². The Morgan fingerprint density at radius 2 is 1.95 bits per heavy atom. The fraction of sp³-hybridized carbons (Fsp3) is 0.786. The number of methoxy groups -OCH3 is 1. The SMILES string of the molecule is COC(=O)[C@@H]1C[C@@H](S(=O)(=O)CC2CC2)CN1C(=S)CC(C)=O. The second kappa shape index (κ2) is 6.62. The molecular formula is C14H21NO5S2. The zero-order valence-electron chi connectivity index (χ0n) is 12.8. The van der Waals surface area contributed by atoms with Crippen LogP contribution in [0.3, 0.4) is 0 Å². The van der Waals surface area contributed by atoms with Crippen LogP contribution in [-0.2, 0) is 24.2 Å². The largest absolute Gasteiger partial charge is 0.467 e. The number of hydrogen-bond acceptors (Lipinski definition) is 6. The monoisotopic (exact) mass is 347 g/mol. The minimum absolute atomic E-state index is 0.0399. The molecule has 2 rings (SSSR count). The Balaban J connectivity index is 2.14. The topological polar surface area (TPSA) is 80.8 Å². The first kappa shape index (κ1) is 17.3. The van der Waals surface area contributed by atoms with E-state index in [9.17, 15) is 18.0 Å². The van der Waals surface area contributed by atoms with Crippen molar-refractivity contribution in [2.45, 2.75) is 43.9 Å². The van der Waals surface area contributed by atoms with E-state index in [1.54, 1.807) is 4.90 Å². The van der Waals surface area contributed by atoms with Crippen LogP contribution in [-0.4, -0.2) is 60.8 Å². The molecule has 1 saturated heterocycles. The third kappa shape index (κ3) is 4.04. The second-order valence-electron chi connectivity index (χ2n) is 6.09. The summed E-state index contributed by atoms with van der Waals surface area (Å²) in [6.45, 7) is 1.58. The van der Waals surface area contributed by atoms with Gasteiger partial charge in [-0.1, -0.05) is 12.2 Å². The summed E-state index contributed by atoms with van der Waals surface area (Å²) >= 11 is 5.21. The predicted molar refractivity (Wildman–Crippen MR) is 85.3 cm³/mol. The van der Waals surface area contributed by atoms with Gasteiger partial charge >= 0.3 is 5.97 Å². The summed E-state index contributed by atoms with van der Waals surface area (Å²) in [6, 6.07) is -0.712. The third-order valence-corrected chi connectivity index (χ3v) is 6.80. The molecule has 1 heterocycles. The number of esters is 1. The maximum Gasteiger partial charge on any atom is 0.328 e. The molecule has 22 heavy (non-hydrogen) atoms. The molecule has 0 spiro atoms. The van der Waals surface area contributed by atoms with Crippen LogP contribution in [0.1, 0.15) is 32.6 Å². The van der Waals surface area contributed by atoms with Crippen molar-refractivity contribution in [3.63, 3.8) is 0 Å². The zero-order valence-corrected chi connectivity index (χ0v) is 14.4. The van der Waals surface area contributed by atoms with Gasteiger partial charge in [0.15, 0.2) is 9.84 Å².